The maximum Gasteiger partial charge on any atom is 0.270 e. The molecule has 0 unspecified atom stereocenters. The van der Waals surface area contributed by atoms with Crippen molar-refractivity contribution in [2.45, 2.75) is 33.2 Å². The molecule has 0 aromatic carbocycles. The van der Waals surface area contributed by atoms with Gasteiger partial charge >= 0.3 is 0 Å². The minimum atomic E-state index is 0.112. The van der Waals surface area contributed by atoms with Crippen LogP contribution in [0.3, 0.4) is 0 Å². The molecule has 0 atom stereocenters. The van der Waals surface area contributed by atoms with Gasteiger partial charge in [0, 0.05) is 25.8 Å². The molecular formula is C15H24ClN3O. The van der Waals surface area contributed by atoms with E-state index in [-0.39, 0.29) is 5.91 Å². The molecule has 1 saturated heterocycles. The first-order chi connectivity index (χ1) is 9.65. The van der Waals surface area contributed by atoms with Gasteiger partial charge in [-0.25, -0.2) is 0 Å². The number of aryl methyl sites for hydroxylation is 1. The normalized spacial score (nSPS) is 16.6. The fourth-order valence-corrected chi connectivity index (χ4v) is 2.99. The number of carbonyl (C=O) groups is 1. The number of nitrogens with one attached hydrogen (secondary N) is 1. The fourth-order valence-electron chi connectivity index (χ4n) is 2.77. The van der Waals surface area contributed by atoms with Gasteiger partial charge in [-0.05, 0) is 44.8 Å². The van der Waals surface area contributed by atoms with E-state index in [1.807, 2.05) is 22.6 Å². The Morgan fingerprint density at radius 1 is 1.40 bits per heavy atom. The summed E-state index contributed by atoms with van der Waals surface area (Å²) in [5, 5.41) is 4.03. The van der Waals surface area contributed by atoms with Crippen LogP contribution >= 0.6 is 11.6 Å². The van der Waals surface area contributed by atoms with Gasteiger partial charge in [-0.1, -0.05) is 18.5 Å². The van der Waals surface area contributed by atoms with Crippen LogP contribution in [-0.4, -0.2) is 41.6 Å². The van der Waals surface area contributed by atoms with E-state index in [2.05, 4.69) is 12.2 Å². The van der Waals surface area contributed by atoms with Crippen molar-refractivity contribution in [3.05, 3.63) is 23.0 Å². The van der Waals surface area contributed by atoms with Crippen LogP contribution < -0.4 is 5.32 Å². The molecule has 2 rings (SSSR count). The molecule has 0 spiro atoms. The number of amides is 1. The second-order valence-electron chi connectivity index (χ2n) is 5.37. The van der Waals surface area contributed by atoms with Crippen molar-refractivity contribution < 1.29 is 4.79 Å². The highest BCUT2D eigenvalue weighted by molar-refractivity contribution is 6.31. The molecule has 4 nitrogen and oxygen atoms in total. The van der Waals surface area contributed by atoms with E-state index in [0.29, 0.717) is 16.6 Å². The Hall–Kier alpha value is -1.00. The van der Waals surface area contributed by atoms with Crippen LogP contribution in [0.15, 0.2) is 12.3 Å². The van der Waals surface area contributed by atoms with E-state index < -0.39 is 0 Å². The number of aromatic nitrogens is 1. The molecule has 0 radical (unpaired) electrons. The number of nitrogens with zero attached hydrogens (tertiary/aromatic N) is 2. The smallest absolute Gasteiger partial charge is 0.270 e. The van der Waals surface area contributed by atoms with Gasteiger partial charge in [0.25, 0.3) is 5.91 Å². The lowest BCUT2D eigenvalue weighted by Crippen LogP contribution is -2.41. The summed E-state index contributed by atoms with van der Waals surface area (Å²) in [6.07, 6.45) is 3.99. The monoisotopic (exact) mass is 297 g/mol. The van der Waals surface area contributed by atoms with Crippen molar-refractivity contribution >= 4 is 17.5 Å². The molecule has 1 aromatic heterocycles. The molecule has 1 fully saturated rings. The largest absolute Gasteiger partial charge is 0.342 e. The summed E-state index contributed by atoms with van der Waals surface area (Å²) in [5.74, 6) is 0.807. The van der Waals surface area contributed by atoms with Crippen LogP contribution in [0.25, 0.3) is 0 Å². The van der Waals surface area contributed by atoms with E-state index in [0.717, 1.165) is 45.6 Å². The third-order valence-corrected chi connectivity index (χ3v) is 4.21. The number of hydrogen-bond donors (Lipinski definition) is 1. The van der Waals surface area contributed by atoms with Gasteiger partial charge in [0.1, 0.15) is 5.69 Å². The summed E-state index contributed by atoms with van der Waals surface area (Å²) in [7, 11) is 0. The summed E-state index contributed by atoms with van der Waals surface area (Å²) < 4.78 is 1.93. The number of halogens is 1. The third kappa shape index (κ3) is 3.55. The minimum absolute atomic E-state index is 0.112. The average Bonchev–Trinajstić information content (AvgIpc) is 2.86. The molecule has 5 heteroatoms. The van der Waals surface area contributed by atoms with Gasteiger partial charge in [-0.15, -0.1) is 0 Å². The SMILES string of the molecule is CCNCC1CCN(C(=O)c2cc(Cl)cn2CC)CC1. The molecule has 1 aromatic rings. The summed E-state index contributed by atoms with van der Waals surface area (Å²) in [6.45, 7) is 8.70. The zero-order valence-corrected chi connectivity index (χ0v) is 13.1. The van der Waals surface area contributed by atoms with Crippen LogP contribution in [0.4, 0.5) is 0 Å². The number of piperidine rings is 1. The predicted molar refractivity (Wildman–Crippen MR) is 82.3 cm³/mol. The Bertz CT molecular complexity index is 450. The quantitative estimate of drug-likeness (QED) is 0.907. The van der Waals surface area contributed by atoms with Crippen LogP contribution in [0.5, 0.6) is 0 Å². The summed E-state index contributed by atoms with van der Waals surface area (Å²) >= 11 is 6.01. The Kier molecular flexibility index (Phi) is 5.49. The van der Waals surface area contributed by atoms with Gasteiger partial charge in [0.15, 0.2) is 0 Å². The van der Waals surface area contributed by atoms with Crippen LogP contribution in [-0.2, 0) is 6.54 Å². The molecule has 112 valence electrons. The van der Waals surface area contributed by atoms with Crippen molar-refractivity contribution in [3.63, 3.8) is 0 Å². The highest BCUT2D eigenvalue weighted by Crippen LogP contribution is 2.21. The van der Waals surface area contributed by atoms with Gasteiger partial charge in [0.2, 0.25) is 0 Å². The molecule has 0 saturated carbocycles. The standard InChI is InChI=1S/C15H24ClN3O/c1-3-17-10-12-5-7-19(8-6-12)15(20)14-9-13(16)11-18(14)4-2/h9,11-12,17H,3-8,10H2,1-2H3. The van der Waals surface area contributed by atoms with Crippen LogP contribution in [0.1, 0.15) is 37.2 Å². The van der Waals surface area contributed by atoms with E-state index >= 15 is 0 Å². The molecule has 1 aliphatic heterocycles. The number of hydrogen-bond acceptors (Lipinski definition) is 2. The molecule has 0 aliphatic carbocycles. The predicted octanol–water partition coefficient (Wildman–Crippen LogP) is 2.62. The maximum absolute atomic E-state index is 12.5. The first-order valence-electron chi connectivity index (χ1n) is 7.51. The minimum Gasteiger partial charge on any atom is -0.342 e. The fraction of sp³-hybridized carbons (Fsp3) is 0.667. The lowest BCUT2D eigenvalue weighted by Gasteiger charge is -2.32. The van der Waals surface area contributed by atoms with Crippen LogP contribution in [0.2, 0.25) is 5.02 Å². The Morgan fingerprint density at radius 3 is 2.70 bits per heavy atom. The van der Waals surface area contributed by atoms with E-state index in [4.69, 9.17) is 11.6 Å². The van der Waals surface area contributed by atoms with Gasteiger partial charge in [-0.3, -0.25) is 4.79 Å². The van der Waals surface area contributed by atoms with Crippen molar-refractivity contribution in [1.82, 2.24) is 14.8 Å². The molecule has 1 aliphatic rings. The van der Waals surface area contributed by atoms with E-state index in [1.54, 1.807) is 6.07 Å². The first-order valence-corrected chi connectivity index (χ1v) is 7.89. The van der Waals surface area contributed by atoms with Gasteiger partial charge in [0.05, 0.1) is 5.02 Å². The molecule has 1 N–H and O–H groups in total. The molecule has 0 bridgehead atoms. The number of carbonyl (C=O) groups excluding carboxylic acids is 1. The summed E-state index contributed by atoms with van der Waals surface area (Å²) in [6, 6.07) is 1.78. The van der Waals surface area contributed by atoms with Crippen molar-refractivity contribution in [2.75, 3.05) is 26.2 Å². The zero-order valence-electron chi connectivity index (χ0n) is 12.4. The summed E-state index contributed by atoms with van der Waals surface area (Å²) in [4.78, 5) is 14.5. The second kappa shape index (κ2) is 7.14. The van der Waals surface area contributed by atoms with Gasteiger partial charge in [-0.2, -0.15) is 0 Å². The average molecular weight is 298 g/mol. The topological polar surface area (TPSA) is 37.3 Å². The lowest BCUT2D eigenvalue weighted by atomic mass is 9.96. The maximum atomic E-state index is 12.5. The molecule has 20 heavy (non-hydrogen) atoms. The number of rotatable bonds is 5. The van der Waals surface area contributed by atoms with Crippen LogP contribution in [0, 0.1) is 5.92 Å². The van der Waals surface area contributed by atoms with E-state index in [9.17, 15) is 4.79 Å². The zero-order chi connectivity index (χ0) is 14.5. The molecule has 2 heterocycles. The Morgan fingerprint density at radius 2 is 2.10 bits per heavy atom. The molecular weight excluding hydrogens is 274 g/mol. The Labute approximate surface area is 126 Å². The van der Waals surface area contributed by atoms with Gasteiger partial charge < -0.3 is 14.8 Å². The third-order valence-electron chi connectivity index (χ3n) is 4.01. The first kappa shape index (κ1) is 15.4. The highest BCUT2D eigenvalue weighted by Gasteiger charge is 2.25. The molecule has 1 amide bonds. The second-order valence-corrected chi connectivity index (χ2v) is 5.81. The lowest BCUT2D eigenvalue weighted by molar-refractivity contribution is 0.0679. The van der Waals surface area contributed by atoms with E-state index in [1.165, 1.54) is 0 Å². The van der Waals surface area contributed by atoms with Crippen molar-refractivity contribution in [2.24, 2.45) is 5.92 Å². The Balaban J connectivity index is 1.94. The van der Waals surface area contributed by atoms with Crippen molar-refractivity contribution in [3.8, 4) is 0 Å². The number of likely N-dealkylation sites (tertiary alicyclic amines) is 1. The highest BCUT2D eigenvalue weighted by atomic mass is 35.5. The summed E-state index contributed by atoms with van der Waals surface area (Å²) in [5.41, 5.74) is 0.711. The van der Waals surface area contributed by atoms with Crippen molar-refractivity contribution in [1.29, 1.82) is 0 Å².